The first-order chi connectivity index (χ1) is 9.56. The van der Waals surface area contributed by atoms with E-state index in [0.717, 1.165) is 38.7 Å². The standard InChI is InChI=1S/C13H16ClF2N3O/c14-10-6-9(15)7-11(16)13(10)18-12(20)8-19-4-1-2-17-3-5-19/h6-7,17H,1-5,8H2,(H,18,20). The van der Waals surface area contributed by atoms with E-state index in [1.807, 2.05) is 4.90 Å². The fraction of sp³-hybridized carbons (Fsp3) is 0.462. The number of rotatable bonds is 3. The van der Waals surface area contributed by atoms with E-state index in [1.54, 1.807) is 0 Å². The second-order valence-corrected chi connectivity index (χ2v) is 5.08. The van der Waals surface area contributed by atoms with Crippen LogP contribution in [-0.4, -0.2) is 43.5 Å². The van der Waals surface area contributed by atoms with Gasteiger partial charge < -0.3 is 10.6 Å². The molecule has 1 aromatic rings. The Morgan fingerprint density at radius 3 is 2.90 bits per heavy atom. The number of nitrogens with zero attached hydrogens (tertiary/aromatic N) is 1. The van der Waals surface area contributed by atoms with E-state index in [0.29, 0.717) is 6.07 Å². The summed E-state index contributed by atoms with van der Waals surface area (Å²) in [5.41, 5.74) is -0.175. The zero-order valence-corrected chi connectivity index (χ0v) is 11.6. The minimum atomic E-state index is -0.874. The number of carbonyl (C=O) groups excluding carboxylic acids is 1. The number of hydrogen-bond donors (Lipinski definition) is 2. The molecule has 1 aliphatic heterocycles. The Balaban J connectivity index is 1.97. The quantitative estimate of drug-likeness (QED) is 0.896. The Morgan fingerprint density at radius 2 is 2.15 bits per heavy atom. The highest BCUT2D eigenvalue weighted by Crippen LogP contribution is 2.26. The summed E-state index contributed by atoms with van der Waals surface area (Å²) in [5.74, 6) is -2.01. The van der Waals surface area contributed by atoms with E-state index in [4.69, 9.17) is 11.6 Å². The van der Waals surface area contributed by atoms with Gasteiger partial charge in [-0.15, -0.1) is 0 Å². The number of halogens is 3. The van der Waals surface area contributed by atoms with Crippen LogP contribution in [0.5, 0.6) is 0 Å². The van der Waals surface area contributed by atoms with Gasteiger partial charge in [0.2, 0.25) is 5.91 Å². The Kier molecular flexibility index (Phi) is 5.28. The lowest BCUT2D eigenvalue weighted by molar-refractivity contribution is -0.117. The molecule has 2 N–H and O–H groups in total. The molecular formula is C13H16ClF2N3O. The van der Waals surface area contributed by atoms with Crippen LogP contribution < -0.4 is 10.6 Å². The maximum atomic E-state index is 13.6. The molecule has 4 nitrogen and oxygen atoms in total. The van der Waals surface area contributed by atoms with Crippen molar-refractivity contribution in [1.29, 1.82) is 0 Å². The molecule has 0 saturated carbocycles. The van der Waals surface area contributed by atoms with Gasteiger partial charge in [0.15, 0.2) is 5.82 Å². The average Bonchev–Trinajstić information content (AvgIpc) is 2.62. The first-order valence-corrected chi connectivity index (χ1v) is 6.81. The van der Waals surface area contributed by atoms with Crippen LogP contribution >= 0.6 is 11.6 Å². The third-order valence-corrected chi connectivity index (χ3v) is 3.37. The van der Waals surface area contributed by atoms with Gasteiger partial charge in [0.05, 0.1) is 17.3 Å². The van der Waals surface area contributed by atoms with Gasteiger partial charge in [0.1, 0.15) is 5.82 Å². The van der Waals surface area contributed by atoms with Gasteiger partial charge in [-0.25, -0.2) is 8.78 Å². The van der Waals surface area contributed by atoms with Crippen LogP contribution in [0.3, 0.4) is 0 Å². The molecule has 0 bridgehead atoms. The molecule has 0 aliphatic carbocycles. The third-order valence-electron chi connectivity index (χ3n) is 3.07. The predicted octanol–water partition coefficient (Wildman–Crippen LogP) is 1.85. The number of benzene rings is 1. The topological polar surface area (TPSA) is 44.4 Å². The molecule has 1 amide bonds. The van der Waals surface area contributed by atoms with E-state index in [-0.39, 0.29) is 23.2 Å². The lowest BCUT2D eigenvalue weighted by atomic mass is 10.3. The summed E-state index contributed by atoms with van der Waals surface area (Å²) in [6.45, 7) is 3.47. The van der Waals surface area contributed by atoms with Crippen LogP contribution in [0.25, 0.3) is 0 Å². The molecule has 2 rings (SSSR count). The van der Waals surface area contributed by atoms with E-state index in [2.05, 4.69) is 10.6 Å². The van der Waals surface area contributed by atoms with Crippen molar-refractivity contribution in [3.8, 4) is 0 Å². The van der Waals surface area contributed by atoms with Crippen molar-refractivity contribution in [2.24, 2.45) is 0 Å². The SMILES string of the molecule is O=C(CN1CCCNCC1)Nc1c(F)cc(F)cc1Cl. The van der Waals surface area contributed by atoms with Crippen LogP contribution in [0.4, 0.5) is 14.5 Å². The maximum absolute atomic E-state index is 13.6. The van der Waals surface area contributed by atoms with Crippen molar-refractivity contribution in [3.05, 3.63) is 28.8 Å². The second-order valence-electron chi connectivity index (χ2n) is 4.67. The Labute approximate surface area is 121 Å². The van der Waals surface area contributed by atoms with Crippen molar-refractivity contribution in [2.75, 3.05) is 38.0 Å². The van der Waals surface area contributed by atoms with E-state index < -0.39 is 11.6 Å². The molecule has 0 spiro atoms. The van der Waals surface area contributed by atoms with Crippen LogP contribution in [0.1, 0.15) is 6.42 Å². The number of hydrogen-bond acceptors (Lipinski definition) is 3. The summed E-state index contributed by atoms with van der Waals surface area (Å²) < 4.78 is 26.5. The summed E-state index contributed by atoms with van der Waals surface area (Å²) >= 11 is 5.73. The van der Waals surface area contributed by atoms with Gasteiger partial charge in [0, 0.05) is 19.2 Å². The average molecular weight is 304 g/mol. The Bertz CT molecular complexity index is 467. The number of carbonyl (C=O) groups is 1. The molecule has 0 aromatic heterocycles. The monoisotopic (exact) mass is 303 g/mol. The van der Waals surface area contributed by atoms with Crippen LogP contribution in [0, 0.1) is 11.6 Å². The second kappa shape index (κ2) is 6.97. The molecule has 110 valence electrons. The van der Waals surface area contributed by atoms with Crippen LogP contribution in [0.2, 0.25) is 5.02 Å². The lowest BCUT2D eigenvalue weighted by Gasteiger charge is -2.19. The van der Waals surface area contributed by atoms with Gasteiger partial charge in [-0.3, -0.25) is 9.69 Å². The maximum Gasteiger partial charge on any atom is 0.238 e. The van der Waals surface area contributed by atoms with Gasteiger partial charge in [-0.1, -0.05) is 11.6 Å². The summed E-state index contributed by atoms with van der Waals surface area (Å²) in [4.78, 5) is 13.9. The predicted molar refractivity (Wildman–Crippen MR) is 73.9 cm³/mol. The summed E-state index contributed by atoms with van der Waals surface area (Å²) in [7, 11) is 0. The van der Waals surface area contributed by atoms with E-state index in [9.17, 15) is 13.6 Å². The smallest absolute Gasteiger partial charge is 0.238 e. The highest BCUT2D eigenvalue weighted by Gasteiger charge is 2.16. The molecular weight excluding hydrogens is 288 g/mol. The number of anilines is 1. The summed E-state index contributed by atoms with van der Waals surface area (Å²) in [6.07, 6.45) is 0.957. The van der Waals surface area contributed by atoms with Crippen molar-refractivity contribution < 1.29 is 13.6 Å². The first kappa shape index (κ1) is 15.2. The fourth-order valence-electron chi connectivity index (χ4n) is 2.10. The van der Waals surface area contributed by atoms with Crippen molar-refractivity contribution in [1.82, 2.24) is 10.2 Å². The van der Waals surface area contributed by atoms with E-state index in [1.165, 1.54) is 0 Å². The molecule has 0 unspecified atom stereocenters. The van der Waals surface area contributed by atoms with Crippen molar-refractivity contribution in [2.45, 2.75) is 6.42 Å². The molecule has 1 fully saturated rings. The fourth-order valence-corrected chi connectivity index (χ4v) is 2.35. The zero-order chi connectivity index (χ0) is 14.5. The summed E-state index contributed by atoms with van der Waals surface area (Å²) in [6, 6.07) is 1.66. The molecule has 1 aromatic carbocycles. The minimum Gasteiger partial charge on any atom is -0.321 e. The molecule has 1 saturated heterocycles. The molecule has 20 heavy (non-hydrogen) atoms. The van der Waals surface area contributed by atoms with Gasteiger partial charge in [-0.2, -0.15) is 0 Å². The first-order valence-electron chi connectivity index (χ1n) is 6.44. The van der Waals surface area contributed by atoms with Gasteiger partial charge >= 0.3 is 0 Å². The van der Waals surface area contributed by atoms with Crippen LogP contribution in [0.15, 0.2) is 12.1 Å². The zero-order valence-electron chi connectivity index (χ0n) is 10.9. The molecule has 1 heterocycles. The van der Waals surface area contributed by atoms with Gasteiger partial charge in [0.25, 0.3) is 0 Å². The summed E-state index contributed by atoms with van der Waals surface area (Å²) in [5, 5.41) is 5.48. The highest BCUT2D eigenvalue weighted by molar-refractivity contribution is 6.33. The Morgan fingerprint density at radius 1 is 1.35 bits per heavy atom. The van der Waals surface area contributed by atoms with Gasteiger partial charge in [-0.05, 0) is 25.6 Å². The molecule has 0 atom stereocenters. The minimum absolute atomic E-state index is 0.145. The third kappa shape index (κ3) is 4.13. The van der Waals surface area contributed by atoms with Crippen molar-refractivity contribution >= 4 is 23.2 Å². The molecule has 1 aliphatic rings. The Hall–Kier alpha value is -1.24. The van der Waals surface area contributed by atoms with E-state index >= 15 is 0 Å². The van der Waals surface area contributed by atoms with Crippen molar-refractivity contribution in [3.63, 3.8) is 0 Å². The largest absolute Gasteiger partial charge is 0.321 e. The molecule has 7 heteroatoms. The lowest BCUT2D eigenvalue weighted by Crippen LogP contribution is -2.35. The number of amides is 1. The highest BCUT2D eigenvalue weighted by atomic mass is 35.5. The van der Waals surface area contributed by atoms with Crippen LogP contribution in [-0.2, 0) is 4.79 Å². The molecule has 0 radical (unpaired) electrons. The normalized spacial score (nSPS) is 16.8. The number of nitrogens with one attached hydrogen (secondary N) is 2.